The van der Waals surface area contributed by atoms with Crippen LogP contribution in [-0.2, 0) is 4.79 Å². The van der Waals surface area contributed by atoms with Gasteiger partial charge in [-0.2, -0.15) is 0 Å². The third-order valence-electron chi connectivity index (χ3n) is 2.19. The average molecular weight is 226 g/mol. The van der Waals surface area contributed by atoms with E-state index in [-0.39, 0.29) is 5.91 Å². The van der Waals surface area contributed by atoms with Crippen molar-refractivity contribution in [3.05, 3.63) is 11.6 Å². The van der Waals surface area contributed by atoms with E-state index in [0.29, 0.717) is 11.6 Å². The van der Waals surface area contributed by atoms with E-state index in [2.05, 4.69) is 17.2 Å². The first-order valence-electron chi connectivity index (χ1n) is 5.52. The summed E-state index contributed by atoms with van der Waals surface area (Å²) in [5.74, 6) is 0.0847. The Bertz CT molecular complexity index is 272. The molecule has 0 unspecified atom stereocenters. The summed E-state index contributed by atoms with van der Waals surface area (Å²) in [6.07, 6.45) is 8.20. The molecule has 1 amide bonds. The second-order valence-corrected chi connectivity index (χ2v) is 4.44. The number of nitrogens with one attached hydrogen (secondary N) is 1. The second-order valence-electron chi connectivity index (χ2n) is 3.55. The molecular formula is C11H18N2OS. The number of nitrogens with zero attached hydrogens (tertiary/aromatic N) is 1. The first-order chi connectivity index (χ1) is 7.33. The van der Waals surface area contributed by atoms with Gasteiger partial charge in [-0.15, -0.1) is 11.3 Å². The van der Waals surface area contributed by atoms with Crippen molar-refractivity contribution >= 4 is 22.4 Å². The summed E-state index contributed by atoms with van der Waals surface area (Å²) >= 11 is 1.46. The van der Waals surface area contributed by atoms with Crippen LogP contribution < -0.4 is 5.32 Å². The smallest absolute Gasteiger partial charge is 0.226 e. The molecule has 0 atom stereocenters. The lowest BCUT2D eigenvalue weighted by Gasteiger charge is -2.01. The van der Waals surface area contributed by atoms with E-state index >= 15 is 0 Å². The van der Waals surface area contributed by atoms with E-state index in [1.54, 1.807) is 6.20 Å². The van der Waals surface area contributed by atoms with Gasteiger partial charge in [-0.1, -0.05) is 32.6 Å². The van der Waals surface area contributed by atoms with Crippen molar-refractivity contribution in [1.29, 1.82) is 0 Å². The lowest BCUT2D eigenvalue weighted by Crippen LogP contribution is -2.10. The first kappa shape index (κ1) is 12.2. The highest BCUT2D eigenvalue weighted by Crippen LogP contribution is 2.11. The SMILES string of the molecule is CCCCCCCC(=O)Nc1nccs1. The van der Waals surface area contributed by atoms with Crippen LogP contribution in [0.15, 0.2) is 11.6 Å². The summed E-state index contributed by atoms with van der Waals surface area (Å²) in [5.41, 5.74) is 0. The third kappa shape index (κ3) is 5.52. The molecule has 0 bridgehead atoms. The lowest BCUT2D eigenvalue weighted by molar-refractivity contribution is -0.116. The van der Waals surface area contributed by atoms with Crippen LogP contribution in [0.2, 0.25) is 0 Å². The van der Waals surface area contributed by atoms with Gasteiger partial charge in [0.25, 0.3) is 0 Å². The van der Waals surface area contributed by atoms with Crippen LogP contribution in [0, 0.1) is 0 Å². The van der Waals surface area contributed by atoms with E-state index < -0.39 is 0 Å². The van der Waals surface area contributed by atoms with Crippen molar-refractivity contribution in [1.82, 2.24) is 4.98 Å². The Morgan fingerprint density at radius 1 is 1.40 bits per heavy atom. The topological polar surface area (TPSA) is 42.0 Å². The fourth-order valence-corrected chi connectivity index (χ4v) is 1.90. The highest BCUT2D eigenvalue weighted by Gasteiger charge is 2.02. The molecule has 1 aromatic heterocycles. The van der Waals surface area contributed by atoms with Crippen molar-refractivity contribution in [3.63, 3.8) is 0 Å². The van der Waals surface area contributed by atoms with Crippen LogP contribution >= 0.6 is 11.3 Å². The van der Waals surface area contributed by atoms with Crippen molar-refractivity contribution in [3.8, 4) is 0 Å². The van der Waals surface area contributed by atoms with E-state index in [4.69, 9.17) is 0 Å². The molecule has 1 heterocycles. The zero-order chi connectivity index (χ0) is 10.9. The fourth-order valence-electron chi connectivity index (χ4n) is 1.36. The molecule has 3 nitrogen and oxygen atoms in total. The number of unbranched alkanes of at least 4 members (excludes halogenated alkanes) is 4. The molecular weight excluding hydrogens is 208 g/mol. The zero-order valence-electron chi connectivity index (χ0n) is 9.16. The Morgan fingerprint density at radius 3 is 2.87 bits per heavy atom. The first-order valence-corrected chi connectivity index (χ1v) is 6.40. The van der Waals surface area contributed by atoms with Crippen LogP contribution in [0.5, 0.6) is 0 Å². The summed E-state index contributed by atoms with van der Waals surface area (Å²) in [5, 5.41) is 5.34. The number of anilines is 1. The standard InChI is InChI=1S/C11H18N2OS/c1-2-3-4-5-6-7-10(14)13-11-12-8-9-15-11/h8-9H,2-7H2,1H3,(H,12,13,14). The highest BCUT2D eigenvalue weighted by molar-refractivity contribution is 7.13. The number of amides is 1. The maximum Gasteiger partial charge on any atom is 0.226 e. The maximum absolute atomic E-state index is 11.4. The van der Waals surface area contributed by atoms with Gasteiger partial charge >= 0.3 is 0 Å². The lowest BCUT2D eigenvalue weighted by atomic mass is 10.1. The summed E-state index contributed by atoms with van der Waals surface area (Å²) in [4.78, 5) is 15.4. The minimum absolute atomic E-state index is 0.0847. The van der Waals surface area contributed by atoms with Crippen molar-refractivity contribution in [2.45, 2.75) is 45.4 Å². The van der Waals surface area contributed by atoms with Gasteiger partial charge in [0.05, 0.1) is 0 Å². The normalized spacial score (nSPS) is 10.2. The molecule has 0 aromatic carbocycles. The molecule has 0 aliphatic heterocycles. The van der Waals surface area contributed by atoms with Crippen LogP contribution in [-0.4, -0.2) is 10.9 Å². The van der Waals surface area contributed by atoms with Gasteiger partial charge in [-0.3, -0.25) is 4.79 Å². The molecule has 0 aliphatic rings. The molecule has 0 aliphatic carbocycles. The Kier molecular flexibility index (Phi) is 6.00. The molecule has 0 saturated heterocycles. The molecule has 0 fully saturated rings. The quantitative estimate of drug-likeness (QED) is 0.724. The number of hydrogen-bond donors (Lipinski definition) is 1. The van der Waals surface area contributed by atoms with Gasteiger partial charge in [0, 0.05) is 18.0 Å². The predicted octanol–water partition coefficient (Wildman–Crippen LogP) is 3.44. The van der Waals surface area contributed by atoms with E-state index in [0.717, 1.165) is 12.8 Å². The average Bonchev–Trinajstić information content (AvgIpc) is 2.70. The number of thiazole rings is 1. The Morgan fingerprint density at radius 2 is 2.20 bits per heavy atom. The molecule has 0 saturated carbocycles. The maximum atomic E-state index is 11.4. The Hall–Kier alpha value is -0.900. The Balaban J connectivity index is 2.04. The van der Waals surface area contributed by atoms with Crippen molar-refractivity contribution < 1.29 is 4.79 Å². The summed E-state index contributed by atoms with van der Waals surface area (Å²) in [6, 6.07) is 0. The van der Waals surface area contributed by atoms with Crippen molar-refractivity contribution in [2.24, 2.45) is 0 Å². The van der Waals surface area contributed by atoms with Gasteiger partial charge in [0.2, 0.25) is 5.91 Å². The molecule has 0 radical (unpaired) electrons. The minimum Gasteiger partial charge on any atom is -0.302 e. The summed E-state index contributed by atoms with van der Waals surface area (Å²) in [6.45, 7) is 2.19. The number of carbonyl (C=O) groups is 1. The molecule has 84 valence electrons. The van der Waals surface area contributed by atoms with Gasteiger partial charge < -0.3 is 5.32 Å². The van der Waals surface area contributed by atoms with Crippen LogP contribution in [0.4, 0.5) is 5.13 Å². The van der Waals surface area contributed by atoms with E-state index in [1.165, 1.54) is 30.6 Å². The van der Waals surface area contributed by atoms with Crippen LogP contribution in [0.3, 0.4) is 0 Å². The zero-order valence-corrected chi connectivity index (χ0v) is 9.98. The summed E-state index contributed by atoms with van der Waals surface area (Å²) in [7, 11) is 0. The van der Waals surface area contributed by atoms with Gasteiger partial charge in [0.1, 0.15) is 0 Å². The second kappa shape index (κ2) is 7.40. The minimum atomic E-state index is 0.0847. The molecule has 15 heavy (non-hydrogen) atoms. The summed E-state index contributed by atoms with van der Waals surface area (Å²) < 4.78 is 0. The van der Waals surface area contributed by atoms with Gasteiger partial charge in [-0.05, 0) is 6.42 Å². The number of hydrogen-bond acceptors (Lipinski definition) is 3. The molecule has 0 spiro atoms. The molecule has 1 aromatic rings. The van der Waals surface area contributed by atoms with Crippen LogP contribution in [0.25, 0.3) is 0 Å². The largest absolute Gasteiger partial charge is 0.302 e. The number of aromatic nitrogens is 1. The monoisotopic (exact) mass is 226 g/mol. The van der Waals surface area contributed by atoms with Crippen LogP contribution in [0.1, 0.15) is 45.4 Å². The number of carbonyl (C=O) groups excluding carboxylic acids is 1. The van der Waals surface area contributed by atoms with Gasteiger partial charge in [0.15, 0.2) is 5.13 Å². The fraction of sp³-hybridized carbons (Fsp3) is 0.636. The highest BCUT2D eigenvalue weighted by atomic mass is 32.1. The van der Waals surface area contributed by atoms with E-state index in [9.17, 15) is 4.79 Å². The third-order valence-corrected chi connectivity index (χ3v) is 2.87. The Labute approximate surface area is 94.9 Å². The molecule has 4 heteroatoms. The predicted molar refractivity (Wildman–Crippen MR) is 64.1 cm³/mol. The number of rotatable bonds is 7. The van der Waals surface area contributed by atoms with Gasteiger partial charge in [-0.25, -0.2) is 4.98 Å². The van der Waals surface area contributed by atoms with E-state index in [1.807, 2.05) is 5.38 Å². The molecule has 1 rings (SSSR count). The molecule has 1 N–H and O–H groups in total. The van der Waals surface area contributed by atoms with Crippen molar-refractivity contribution in [2.75, 3.05) is 5.32 Å².